The molecule has 33 heavy (non-hydrogen) atoms. The number of nitriles is 1. The Kier molecular flexibility index (Phi) is 9.54. The zero-order valence-corrected chi connectivity index (χ0v) is 21.1. The summed E-state index contributed by atoms with van der Waals surface area (Å²) in [4.78, 5) is 30.9. The minimum Gasteiger partial charge on any atom is -0.444 e. The maximum absolute atomic E-state index is 12.3. The van der Waals surface area contributed by atoms with Crippen molar-refractivity contribution in [2.75, 3.05) is 19.6 Å². The summed E-state index contributed by atoms with van der Waals surface area (Å²) in [6.07, 6.45) is 1.35. The number of hydrogen-bond donors (Lipinski definition) is 1. The topological polar surface area (TPSA) is 94.8 Å². The lowest BCUT2D eigenvalue weighted by Gasteiger charge is -2.33. The Bertz CT molecular complexity index is 951. The average Bonchev–Trinajstić information content (AvgIpc) is 2.76. The second-order valence-electron chi connectivity index (χ2n) is 9.32. The molecule has 1 saturated heterocycles. The van der Waals surface area contributed by atoms with Crippen LogP contribution in [0.15, 0.2) is 35.3 Å². The normalized spacial score (nSPS) is 15.0. The summed E-state index contributed by atoms with van der Waals surface area (Å²) in [5, 5.41) is 12.2. The molecule has 1 aromatic rings. The summed E-state index contributed by atoms with van der Waals surface area (Å²) in [6, 6.07) is 8.05. The standard InChI is InChI=1S/C25H34N4O3S/c1-17-7-8-18(2)21(13-17)16-33-23(28-22(30)19(3)14-26)27-15-20-9-11-29(12-10-20)24(31)32-25(4,5)6/h7-8,13,20H,3,9-12,15-16H2,1-2,4-6H3,(H,27,28,30). The minimum atomic E-state index is -0.538. The number of amides is 2. The van der Waals surface area contributed by atoms with Crippen molar-refractivity contribution < 1.29 is 14.3 Å². The van der Waals surface area contributed by atoms with Crippen LogP contribution < -0.4 is 5.32 Å². The summed E-state index contributed by atoms with van der Waals surface area (Å²) in [6.45, 7) is 15.0. The third kappa shape index (κ3) is 8.93. The number of hydrogen-bond acceptors (Lipinski definition) is 6. The summed E-state index contributed by atoms with van der Waals surface area (Å²) in [5.74, 6) is 0.420. The lowest BCUT2D eigenvalue weighted by molar-refractivity contribution is -0.115. The van der Waals surface area contributed by atoms with Crippen LogP contribution >= 0.6 is 11.8 Å². The van der Waals surface area contributed by atoms with Crippen molar-refractivity contribution in [2.45, 2.75) is 58.8 Å². The molecular weight excluding hydrogens is 436 g/mol. The molecule has 7 nitrogen and oxygen atoms in total. The molecule has 0 radical (unpaired) electrons. The number of ether oxygens (including phenoxy) is 1. The molecule has 2 rings (SSSR count). The largest absolute Gasteiger partial charge is 0.444 e. The first-order chi connectivity index (χ1) is 15.5. The predicted octanol–water partition coefficient (Wildman–Crippen LogP) is 4.74. The van der Waals surface area contributed by atoms with Crippen molar-refractivity contribution >= 4 is 28.9 Å². The van der Waals surface area contributed by atoms with Crippen molar-refractivity contribution in [1.29, 1.82) is 5.26 Å². The van der Waals surface area contributed by atoms with Gasteiger partial charge >= 0.3 is 6.09 Å². The zero-order valence-electron chi connectivity index (χ0n) is 20.2. The number of thioether (sulfide) groups is 1. The van der Waals surface area contributed by atoms with E-state index in [0.717, 1.165) is 12.8 Å². The highest BCUT2D eigenvalue weighted by Crippen LogP contribution is 2.22. The summed E-state index contributed by atoms with van der Waals surface area (Å²) in [7, 11) is 0. The summed E-state index contributed by atoms with van der Waals surface area (Å²) < 4.78 is 5.45. The molecule has 1 fully saturated rings. The number of amidine groups is 1. The second-order valence-corrected chi connectivity index (χ2v) is 10.3. The van der Waals surface area contributed by atoms with E-state index in [1.54, 1.807) is 11.0 Å². The Morgan fingerprint density at radius 2 is 1.97 bits per heavy atom. The number of carbonyl (C=O) groups excluding carboxylic acids is 2. The molecule has 0 bridgehead atoms. The van der Waals surface area contributed by atoms with Gasteiger partial charge in [-0.2, -0.15) is 5.26 Å². The van der Waals surface area contributed by atoms with Crippen LogP contribution in [0.25, 0.3) is 0 Å². The Labute approximate surface area is 201 Å². The van der Waals surface area contributed by atoms with E-state index in [1.165, 1.54) is 28.5 Å². The van der Waals surface area contributed by atoms with Gasteiger partial charge in [0.1, 0.15) is 17.2 Å². The highest BCUT2D eigenvalue weighted by molar-refractivity contribution is 8.13. The number of aliphatic imine (C=N–C) groups is 1. The fourth-order valence-electron chi connectivity index (χ4n) is 3.28. The average molecular weight is 471 g/mol. The fraction of sp³-hybridized carbons (Fsp3) is 0.520. The van der Waals surface area contributed by atoms with Gasteiger partial charge in [-0.05, 0) is 64.5 Å². The van der Waals surface area contributed by atoms with Crippen molar-refractivity contribution in [3.05, 3.63) is 47.0 Å². The Hall–Kier alpha value is -2.79. The quantitative estimate of drug-likeness (QED) is 0.290. The van der Waals surface area contributed by atoms with Gasteiger partial charge in [-0.3, -0.25) is 9.79 Å². The third-order valence-corrected chi connectivity index (χ3v) is 6.22. The molecule has 1 heterocycles. The molecule has 0 saturated carbocycles. The van der Waals surface area contributed by atoms with Gasteiger partial charge in [0.2, 0.25) is 0 Å². The Morgan fingerprint density at radius 1 is 1.30 bits per heavy atom. The number of aryl methyl sites for hydroxylation is 2. The van der Waals surface area contributed by atoms with E-state index in [2.05, 4.69) is 42.0 Å². The van der Waals surface area contributed by atoms with Gasteiger partial charge in [-0.1, -0.05) is 42.1 Å². The number of carbonyl (C=O) groups is 2. The van der Waals surface area contributed by atoms with E-state index in [4.69, 9.17) is 10.00 Å². The van der Waals surface area contributed by atoms with Gasteiger partial charge in [-0.15, -0.1) is 0 Å². The van der Waals surface area contributed by atoms with Crippen molar-refractivity contribution in [3.8, 4) is 6.07 Å². The van der Waals surface area contributed by atoms with Gasteiger partial charge in [0, 0.05) is 25.4 Å². The highest BCUT2D eigenvalue weighted by atomic mass is 32.2. The van der Waals surface area contributed by atoms with Crippen LogP contribution in [0, 0.1) is 31.1 Å². The minimum absolute atomic E-state index is 0.152. The van der Waals surface area contributed by atoms with Crippen LogP contribution in [0.5, 0.6) is 0 Å². The van der Waals surface area contributed by atoms with Gasteiger partial charge in [0.15, 0.2) is 5.17 Å². The number of nitrogens with zero attached hydrogens (tertiary/aromatic N) is 3. The number of benzene rings is 1. The monoisotopic (exact) mass is 470 g/mol. The van der Waals surface area contributed by atoms with Gasteiger partial charge in [0.25, 0.3) is 5.91 Å². The number of piperidine rings is 1. The van der Waals surface area contributed by atoms with Crippen molar-refractivity contribution in [1.82, 2.24) is 10.2 Å². The fourth-order valence-corrected chi connectivity index (χ4v) is 4.22. The van der Waals surface area contributed by atoms with E-state index in [0.29, 0.717) is 36.5 Å². The maximum Gasteiger partial charge on any atom is 0.410 e. The molecular formula is C25H34N4O3S. The first-order valence-electron chi connectivity index (χ1n) is 11.1. The molecule has 1 aliphatic rings. The Morgan fingerprint density at radius 3 is 2.58 bits per heavy atom. The Balaban J connectivity index is 2.00. The van der Waals surface area contributed by atoms with Crippen LogP contribution in [-0.2, 0) is 15.3 Å². The van der Waals surface area contributed by atoms with Crippen LogP contribution in [0.2, 0.25) is 0 Å². The lowest BCUT2D eigenvalue weighted by Crippen LogP contribution is -2.42. The zero-order chi connectivity index (χ0) is 24.6. The summed E-state index contributed by atoms with van der Waals surface area (Å²) in [5.41, 5.74) is 2.86. The molecule has 178 valence electrons. The molecule has 2 amide bonds. The van der Waals surface area contributed by atoms with Gasteiger partial charge in [-0.25, -0.2) is 4.79 Å². The molecule has 0 aliphatic carbocycles. The first kappa shape index (κ1) is 26.5. The number of likely N-dealkylation sites (tertiary alicyclic amines) is 1. The third-order valence-electron chi connectivity index (χ3n) is 5.26. The molecule has 1 N–H and O–H groups in total. The van der Waals surface area contributed by atoms with Crippen LogP contribution in [0.4, 0.5) is 4.79 Å². The molecule has 8 heteroatoms. The van der Waals surface area contributed by atoms with Crippen molar-refractivity contribution in [2.24, 2.45) is 10.9 Å². The first-order valence-corrected chi connectivity index (χ1v) is 12.1. The van der Waals surface area contributed by atoms with E-state index in [1.807, 2.05) is 27.7 Å². The molecule has 1 aliphatic heterocycles. The number of rotatable bonds is 5. The van der Waals surface area contributed by atoms with E-state index >= 15 is 0 Å². The van der Waals surface area contributed by atoms with Crippen LogP contribution in [-0.4, -0.2) is 47.3 Å². The molecule has 0 unspecified atom stereocenters. The van der Waals surface area contributed by atoms with E-state index < -0.39 is 11.5 Å². The molecule has 0 aromatic heterocycles. The highest BCUT2D eigenvalue weighted by Gasteiger charge is 2.26. The van der Waals surface area contributed by atoms with Crippen LogP contribution in [0.3, 0.4) is 0 Å². The molecule has 1 aromatic carbocycles. The molecule has 0 atom stereocenters. The number of nitrogens with one attached hydrogen (secondary N) is 1. The van der Waals surface area contributed by atoms with Gasteiger partial charge in [0.05, 0.1) is 0 Å². The second kappa shape index (κ2) is 11.9. The SMILES string of the molecule is C=C(C#N)C(=O)N/C(=N\CC1CCN(C(=O)OC(C)(C)C)CC1)SCc1cc(C)ccc1C. The van der Waals surface area contributed by atoms with Crippen molar-refractivity contribution in [3.63, 3.8) is 0 Å². The lowest BCUT2D eigenvalue weighted by atomic mass is 9.97. The predicted molar refractivity (Wildman–Crippen MR) is 133 cm³/mol. The smallest absolute Gasteiger partial charge is 0.410 e. The van der Waals surface area contributed by atoms with Gasteiger partial charge < -0.3 is 15.0 Å². The molecule has 0 spiro atoms. The summed E-state index contributed by atoms with van der Waals surface area (Å²) >= 11 is 1.44. The van der Waals surface area contributed by atoms with E-state index in [9.17, 15) is 9.59 Å². The maximum atomic E-state index is 12.3. The van der Waals surface area contributed by atoms with E-state index in [-0.39, 0.29) is 11.7 Å². The van der Waals surface area contributed by atoms with Crippen LogP contribution in [0.1, 0.15) is 50.3 Å².